The van der Waals surface area contributed by atoms with Crippen molar-refractivity contribution in [3.8, 4) is 0 Å². The molecule has 3 heteroatoms. The quantitative estimate of drug-likeness (QED) is 0.363. The van der Waals surface area contributed by atoms with Crippen molar-refractivity contribution in [2.24, 2.45) is 7.05 Å². The predicted octanol–water partition coefficient (Wildman–Crippen LogP) is 5.83. The molecule has 1 aromatic rings. The van der Waals surface area contributed by atoms with Crippen molar-refractivity contribution < 1.29 is 0 Å². The molecular formula is C17H31IN2. The van der Waals surface area contributed by atoms with E-state index in [1.165, 1.54) is 67.2 Å². The van der Waals surface area contributed by atoms with Crippen molar-refractivity contribution in [1.29, 1.82) is 0 Å². The molecule has 0 amide bonds. The molecule has 1 aromatic heterocycles. The summed E-state index contributed by atoms with van der Waals surface area (Å²) in [7, 11) is 2.05. The maximum atomic E-state index is 4.76. The van der Waals surface area contributed by atoms with Gasteiger partial charge in [0.1, 0.15) is 0 Å². The zero-order chi connectivity index (χ0) is 15.0. The minimum absolute atomic E-state index is 0.267. The first-order valence-electron chi connectivity index (χ1n) is 8.23. The Balaban J connectivity index is 2.65. The van der Waals surface area contributed by atoms with Crippen molar-refractivity contribution in [2.75, 3.05) is 0 Å². The lowest BCUT2D eigenvalue weighted by Gasteiger charge is -2.28. The fourth-order valence-corrected chi connectivity index (χ4v) is 3.21. The third-order valence-corrected chi connectivity index (χ3v) is 5.36. The predicted molar refractivity (Wildman–Crippen MR) is 96.2 cm³/mol. The third-order valence-electron chi connectivity index (χ3n) is 4.36. The third kappa shape index (κ3) is 5.38. The number of aromatic nitrogens is 2. The highest BCUT2D eigenvalue weighted by molar-refractivity contribution is 14.1. The fraction of sp³-hybridized carbons (Fsp3) is 0.824. The summed E-state index contributed by atoms with van der Waals surface area (Å²) in [6.07, 6.45) is 11.9. The molecule has 0 saturated heterocycles. The number of unbranched alkanes of at least 4 members (excludes halogenated alkanes) is 5. The molecule has 2 nitrogen and oxygen atoms in total. The largest absolute Gasteiger partial charge is 0.262 e. The zero-order valence-corrected chi connectivity index (χ0v) is 15.9. The first kappa shape index (κ1) is 18.0. The molecule has 0 bridgehead atoms. The first-order chi connectivity index (χ1) is 9.53. The lowest BCUT2D eigenvalue weighted by atomic mass is 9.77. The van der Waals surface area contributed by atoms with Gasteiger partial charge in [0.05, 0.1) is 9.39 Å². The molecule has 0 saturated carbocycles. The minimum atomic E-state index is 0.267. The van der Waals surface area contributed by atoms with Gasteiger partial charge in [-0.1, -0.05) is 65.7 Å². The van der Waals surface area contributed by atoms with Crippen LogP contribution in [0, 0.1) is 3.70 Å². The van der Waals surface area contributed by atoms with Crippen LogP contribution in [0.15, 0.2) is 6.07 Å². The molecule has 1 rings (SSSR count). The van der Waals surface area contributed by atoms with Gasteiger partial charge in [0.15, 0.2) is 0 Å². The molecule has 0 aliphatic heterocycles. The number of hydrogen-bond donors (Lipinski definition) is 0. The SMILES string of the molecule is CCCCCCCC(C)(CCCC)c1cc(I)n(C)n1. The monoisotopic (exact) mass is 390 g/mol. The second kappa shape index (κ2) is 9.06. The van der Waals surface area contributed by atoms with Crippen LogP contribution in [-0.2, 0) is 12.5 Å². The van der Waals surface area contributed by atoms with Gasteiger partial charge in [-0.25, -0.2) is 0 Å². The molecule has 0 N–H and O–H groups in total. The normalized spacial score (nSPS) is 14.4. The molecule has 0 radical (unpaired) electrons. The smallest absolute Gasteiger partial charge is 0.0989 e. The van der Waals surface area contributed by atoms with Gasteiger partial charge in [0, 0.05) is 12.5 Å². The van der Waals surface area contributed by atoms with Crippen LogP contribution in [0.5, 0.6) is 0 Å². The molecular weight excluding hydrogens is 359 g/mol. The average molecular weight is 390 g/mol. The van der Waals surface area contributed by atoms with Crippen LogP contribution in [-0.4, -0.2) is 9.78 Å². The molecule has 20 heavy (non-hydrogen) atoms. The van der Waals surface area contributed by atoms with Crippen LogP contribution in [0.2, 0.25) is 0 Å². The van der Waals surface area contributed by atoms with E-state index in [-0.39, 0.29) is 5.41 Å². The average Bonchev–Trinajstić information content (AvgIpc) is 2.77. The summed E-state index contributed by atoms with van der Waals surface area (Å²) in [6.45, 7) is 6.98. The van der Waals surface area contributed by atoms with Gasteiger partial charge in [-0.2, -0.15) is 5.10 Å². The summed E-state index contributed by atoms with van der Waals surface area (Å²) in [6, 6.07) is 2.28. The molecule has 1 unspecified atom stereocenters. The maximum Gasteiger partial charge on any atom is 0.0989 e. The molecule has 0 aliphatic rings. The van der Waals surface area contributed by atoms with E-state index in [1.54, 1.807) is 0 Å². The Kier molecular flexibility index (Phi) is 8.15. The fourth-order valence-electron chi connectivity index (χ4n) is 2.81. The van der Waals surface area contributed by atoms with Crippen molar-refractivity contribution in [3.63, 3.8) is 0 Å². The summed E-state index contributed by atoms with van der Waals surface area (Å²) < 4.78 is 3.25. The molecule has 0 fully saturated rings. The Hall–Kier alpha value is -0.0600. The van der Waals surface area contributed by atoms with Crippen molar-refractivity contribution >= 4 is 22.6 Å². The Morgan fingerprint density at radius 2 is 1.65 bits per heavy atom. The Morgan fingerprint density at radius 1 is 1.05 bits per heavy atom. The highest BCUT2D eigenvalue weighted by atomic mass is 127. The van der Waals surface area contributed by atoms with Crippen LogP contribution in [0.1, 0.15) is 84.3 Å². The second-order valence-electron chi connectivity index (χ2n) is 6.30. The van der Waals surface area contributed by atoms with Gasteiger partial charge in [-0.05, 0) is 41.5 Å². The van der Waals surface area contributed by atoms with Crippen LogP contribution in [0.4, 0.5) is 0 Å². The Labute approximate surface area is 138 Å². The van der Waals surface area contributed by atoms with Crippen molar-refractivity contribution in [1.82, 2.24) is 9.78 Å². The van der Waals surface area contributed by atoms with Crippen molar-refractivity contribution in [3.05, 3.63) is 15.5 Å². The van der Waals surface area contributed by atoms with Crippen LogP contribution in [0.25, 0.3) is 0 Å². The summed E-state index contributed by atoms with van der Waals surface area (Å²) in [4.78, 5) is 0. The second-order valence-corrected chi connectivity index (χ2v) is 7.41. The minimum Gasteiger partial charge on any atom is -0.262 e. The molecule has 1 atom stereocenters. The Bertz CT molecular complexity index is 367. The highest BCUT2D eigenvalue weighted by Gasteiger charge is 2.28. The molecule has 116 valence electrons. The van der Waals surface area contributed by atoms with E-state index < -0.39 is 0 Å². The van der Waals surface area contributed by atoms with Crippen LogP contribution >= 0.6 is 22.6 Å². The van der Waals surface area contributed by atoms with E-state index in [1.807, 2.05) is 11.7 Å². The summed E-state index contributed by atoms with van der Waals surface area (Å²) in [5.41, 5.74) is 1.57. The van der Waals surface area contributed by atoms with E-state index in [9.17, 15) is 0 Å². The molecule has 0 spiro atoms. The molecule has 0 aliphatic carbocycles. The molecule has 0 aromatic carbocycles. The standard InChI is InChI=1S/C17H31IN2/c1-5-7-9-10-11-13-17(3,12-8-6-2)15-14-16(18)20(4)19-15/h14H,5-13H2,1-4H3. The highest BCUT2D eigenvalue weighted by Crippen LogP contribution is 2.34. The van der Waals surface area contributed by atoms with Gasteiger partial charge < -0.3 is 0 Å². The van der Waals surface area contributed by atoms with E-state index >= 15 is 0 Å². The van der Waals surface area contributed by atoms with Gasteiger partial charge in [-0.3, -0.25) is 4.68 Å². The number of hydrogen-bond acceptors (Lipinski definition) is 1. The number of aryl methyl sites for hydroxylation is 1. The van der Waals surface area contributed by atoms with Crippen LogP contribution < -0.4 is 0 Å². The lowest BCUT2D eigenvalue weighted by molar-refractivity contribution is 0.356. The summed E-state index contributed by atoms with van der Waals surface area (Å²) >= 11 is 2.38. The summed E-state index contributed by atoms with van der Waals surface area (Å²) in [5, 5.41) is 4.76. The van der Waals surface area contributed by atoms with E-state index in [2.05, 4.69) is 49.4 Å². The maximum absolute atomic E-state index is 4.76. The van der Waals surface area contributed by atoms with Crippen LogP contribution in [0.3, 0.4) is 0 Å². The first-order valence-corrected chi connectivity index (χ1v) is 9.31. The Morgan fingerprint density at radius 3 is 2.20 bits per heavy atom. The van der Waals surface area contributed by atoms with Gasteiger partial charge in [0.25, 0.3) is 0 Å². The van der Waals surface area contributed by atoms with Crippen molar-refractivity contribution in [2.45, 2.75) is 84.0 Å². The zero-order valence-electron chi connectivity index (χ0n) is 13.7. The van der Waals surface area contributed by atoms with Gasteiger partial charge in [-0.15, -0.1) is 0 Å². The van der Waals surface area contributed by atoms with Gasteiger partial charge >= 0.3 is 0 Å². The number of rotatable bonds is 10. The number of halogens is 1. The molecule has 1 heterocycles. The topological polar surface area (TPSA) is 17.8 Å². The van der Waals surface area contributed by atoms with Gasteiger partial charge in [0.2, 0.25) is 0 Å². The van der Waals surface area contributed by atoms with E-state index in [0.717, 1.165) is 0 Å². The van der Waals surface area contributed by atoms with E-state index in [0.29, 0.717) is 0 Å². The number of nitrogens with zero attached hydrogens (tertiary/aromatic N) is 2. The summed E-state index contributed by atoms with van der Waals surface area (Å²) in [5.74, 6) is 0. The lowest BCUT2D eigenvalue weighted by Crippen LogP contribution is -2.23. The van der Waals surface area contributed by atoms with E-state index in [4.69, 9.17) is 5.10 Å².